The molecule has 2 aromatic carbocycles. The van der Waals surface area contributed by atoms with Gasteiger partial charge < -0.3 is 14.6 Å². The minimum Gasteiger partial charge on any atom is -0.871 e. The largest absolute Gasteiger partial charge is 0.871 e. The van der Waals surface area contributed by atoms with Crippen molar-refractivity contribution in [1.29, 1.82) is 0 Å². The van der Waals surface area contributed by atoms with E-state index in [9.17, 15) is 19.8 Å². The van der Waals surface area contributed by atoms with Crippen molar-refractivity contribution in [3.05, 3.63) is 62.3 Å². The highest BCUT2D eigenvalue weighted by Gasteiger charge is 2.31. The van der Waals surface area contributed by atoms with E-state index in [4.69, 9.17) is 50.8 Å². The second-order valence-corrected chi connectivity index (χ2v) is 12.5. The van der Waals surface area contributed by atoms with Gasteiger partial charge in [-0.2, -0.15) is 0 Å². The summed E-state index contributed by atoms with van der Waals surface area (Å²) in [6.07, 6.45) is 0. The summed E-state index contributed by atoms with van der Waals surface area (Å²) < 4.78 is 7.34. The van der Waals surface area contributed by atoms with E-state index < -0.39 is 5.97 Å². The molecule has 1 N–H and O–H groups in total. The van der Waals surface area contributed by atoms with Gasteiger partial charge in [-0.15, -0.1) is 0 Å². The average molecular weight is 973 g/mol. The molecule has 0 saturated heterocycles. The Balaban J connectivity index is 2.43. The van der Waals surface area contributed by atoms with Crippen molar-refractivity contribution in [2.24, 2.45) is 0 Å². The van der Waals surface area contributed by atoms with Crippen LogP contribution in [0.4, 0.5) is 0 Å². The Morgan fingerprint density at radius 2 is 1.48 bits per heavy atom. The Hall–Kier alpha value is 0.480. The molecule has 0 bridgehead atoms. The maximum Gasteiger partial charge on any atom is 0.337 e. The number of carbonyl (C=O) groups is 1. The number of fused-ring (bicyclic) bond motifs is 2. The summed E-state index contributed by atoms with van der Waals surface area (Å²) in [6, 6.07) is 3.14. The molecule has 0 radical (unpaired) electrons. The quantitative estimate of drug-likeness (QED) is 0.0945. The van der Waals surface area contributed by atoms with Crippen molar-refractivity contribution in [3.8, 4) is 28.2 Å². The smallest absolute Gasteiger partial charge is 0.337 e. The number of benzene rings is 3. The maximum atomic E-state index is 12.6. The second kappa shape index (κ2) is 9.74. The second-order valence-electron chi connectivity index (χ2n) is 6.54. The van der Waals surface area contributed by atoms with Gasteiger partial charge in [0, 0.05) is 29.2 Å². The zero-order valence-corrected chi connectivity index (χ0v) is 26.9. The molecule has 33 heavy (non-hydrogen) atoms. The van der Waals surface area contributed by atoms with E-state index in [0.29, 0.717) is 23.7 Å². The zero-order chi connectivity index (χ0) is 24.5. The number of aromatic carboxylic acids is 1. The number of carboxylic acid groups (broad SMARTS) is 1. The Morgan fingerprint density at radius 3 is 2.09 bits per heavy atom. The van der Waals surface area contributed by atoms with Crippen molar-refractivity contribution in [2.45, 2.75) is 0 Å². The van der Waals surface area contributed by atoms with E-state index in [0.717, 1.165) is 0 Å². The highest BCUT2D eigenvalue weighted by molar-refractivity contribution is 14.1. The van der Waals surface area contributed by atoms with Crippen LogP contribution in [0.1, 0.15) is 10.4 Å². The van der Waals surface area contributed by atoms with E-state index in [1.165, 1.54) is 0 Å². The summed E-state index contributed by atoms with van der Waals surface area (Å²) >= 11 is 32.9. The zero-order valence-electron chi connectivity index (χ0n) is 15.3. The summed E-state index contributed by atoms with van der Waals surface area (Å²) in [5.74, 6) is -1.47. The highest BCUT2D eigenvalue weighted by Crippen LogP contribution is 2.52. The molecule has 0 amide bonds. The normalized spacial score (nSPS) is 11.5. The van der Waals surface area contributed by atoms with Gasteiger partial charge in [0.05, 0.1) is 29.2 Å². The molecule has 0 spiro atoms. The summed E-state index contributed by atoms with van der Waals surface area (Å²) in [7, 11) is 0. The molecule has 0 saturated carbocycles. The van der Waals surface area contributed by atoms with E-state index in [-0.39, 0.29) is 60.9 Å². The van der Waals surface area contributed by atoms with Gasteiger partial charge in [-0.05, 0) is 102 Å². The predicted molar refractivity (Wildman–Crippen MR) is 162 cm³/mol. The molecule has 5 nitrogen and oxygen atoms in total. The van der Waals surface area contributed by atoms with Gasteiger partial charge in [0.1, 0.15) is 9.15 Å². The Morgan fingerprint density at radius 1 is 0.879 bits per heavy atom. The number of carboxylic acids is 1. The van der Waals surface area contributed by atoms with E-state index in [2.05, 4.69) is 0 Å². The molecular weight excluding hydrogens is 970 g/mol. The Kier molecular flexibility index (Phi) is 7.84. The van der Waals surface area contributed by atoms with Gasteiger partial charge in [0.25, 0.3) is 0 Å². The first-order valence-electron chi connectivity index (χ1n) is 8.41. The van der Waals surface area contributed by atoms with Gasteiger partial charge >= 0.3 is 5.97 Å². The van der Waals surface area contributed by atoms with Crippen LogP contribution < -0.4 is 10.5 Å². The molecular formula is C20H3Cl4I4O5-. The number of halogens is 8. The van der Waals surface area contributed by atoms with Gasteiger partial charge in [0.15, 0.2) is 5.76 Å². The van der Waals surface area contributed by atoms with Gasteiger partial charge in [-0.3, -0.25) is 4.79 Å². The van der Waals surface area contributed by atoms with Crippen molar-refractivity contribution < 1.29 is 19.4 Å². The lowest BCUT2D eigenvalue weighted by atomic mass is 9.90. The van der Waals surface area contributed by atoms with Gasteiger partial charge in [-0.25, -0.2) is 4.79 Å². The van der Waals surface area contributed by atoms with Crippen LogP contribution in [0.25, 0.3) is 33.4 Å². The number of rotatable bonds is 2. The number of hydrogen-bond acceptors (Lipinski definition) is 4. The average Bonchev–Trinajstić information content (AvgIpc) is 2.76. The third-order valence-corrected chi connectivity index (χ3v) is 10.1. The lowest BCUT2D eigenvalue weighted by Crippen LogP contribution is -2.13. The summed E-state index contributed by atoms with van der Waals surface area (Å²) in [5.41, 5.74) is 0.261. The highest BCUT2D eigenvalue weighted by atomic mass is 127. The van der Waals surface area contributed by atoms with Crippen molar-refractivity contribution >= 4 is 154 Å². The SMILES string of the molecule is O=C(O)c1c(Cl)c(Cl)c(Cl)c(Cl)c1-c1c2cc(I)c(=O)c(I)c-2oc2c(I)c([O-])c(I)cc12. The summed E-state index contributed by atoms with van der Waals surface area (Å²) in [5, 5.41) is 22.3. The lowest BCUT2D eigenvalue weighted by molar-refractivity contribution is -0.270. The van der Waals surface area contributed by atoms with Crippen LogP contribution in [0.3, 0.4) is 0 Å². The standard InChI is InChI=1S/C20H4Cl4I4O5/c21-10-8(9(20(31)32)11(22)13(24)12(10)23)7-3-1-5(25)16(29)14(27)18(3)33-19-4(7)2-6(26)17(30)15(19)28/h1-2,29H,(H,31,32)/p-1. The van der Waals surface area contributed by atoms with Gasteiger partial charge in [-0.1, -0.05) is 52.2 Å². The molecule has 170 valence electrons. The van der Waals surface area contributed by atoms with Crippen molar-refractivity contribution in [3.63, 3.8) is 0 Å². The Bertz CT molecular complexity index is 1570. The third-order valence-electron chi connectivity index (χ3n) is 4.74. The third kappa shape index (κ3) is 4.23. The molecule has 0 unspecified atom stereocenters. The van der Waals surface area contributed by atoms with Crippen LogP contribution >= 0.6 is 137 Å². The fourth-order valence-electron chi connectivity index (χ4n) is 3.32. The lowest BCUT2D eigenvalue weighted by Gasteiger charge is -2.23. The molecule has 2 aromatic rings. The Labute approximate surface area is 260 Å². The molecule has 0 fully saturated rings. The first-order chi connectivity index (χ1) is 15.4. The van der Waals surface area contributed by atoms with Gasteiger partial charge in [0.2, 0.25) is 5.43 Å². The molecule has 13 heteroatoms. The van der Waals surface area contributed by atoms with Crippen LogP contribution in [-0.2, 0) is 0 Å². The van der Waals surface area contributed by atoms with Crippen molar-refractivity contribution in [2.75, 3.05) is 0 Å². The van der Waals surface area contributed by atoms with Crippen LogP contribution in [0.2, 0.25) is 20.1 Å². The minimum atomic E-state index is -1.38. The molecule has 0 atom stereocenters. The molecule has 1 aliphatic heterocycles. The van der Waals surface area contributed by atoms with E-state index in [1.54, 1.807) is 12.1 Å². The first-order valence-corrected chi connectivity index (χ1v) is 14.2. The van der Waals surface area contributed by atoms with Crippen LogP contribution in [-0.4, -0.2) is 11.1 Å². The fraction of sp³-hybridized carbons (Fsp3) is 0. The van der Waals surface area contributed by atoms with E-state index >= 15 is 0 Å². The van der Waals surface area contributed by atoms with Crippen LogP contribution in [0.15, 0.2) is 21.3 Å². The predicted octanol–water partition coefficient (Wildman–Crippen LogP) is 8.37. The fourth-order valence-corrected chi connectivity index (χ4v) is 7.93. The molecule has 0 aromatic heterocycles. The monoisotopic (exact) mass is 970 g/mol. The van der Waals surface area contributed by atoms with Crippen LogP contribution in [0, 0.1) is 14.3 Å². The minimum absolute atomic E-state index is 0.00450. The maximum absolute atomic E-state index is 12.6. The summed E-state index contributed by atoms with van der Waals surface area (Å²) in [4.78, 5) is 25.0. The van der Waals surface area contributed by atoms with Crippen molar-refractivity contribution in [1.82, 2.24) is 0 Å². The molecule has 2 aliphatic rings. The molecule has 1 heterocycles. The molecule has 4 rings (SSSR count). The topological polar surface area (TPSA) is 90.6 Å². The van der Waals surface area contributed by atoms with E-state index in [1.807, 2.05) is 90.4 Å². The molecule has 1 aliphatic carbocycles. The summed E-state index contributed by atoms with van der Waals surface area (Å²) in [6.45, 7) is 0. The van der Waals surface area contributed by atoms with Crippen LogP contribution in [0.5, 0.6) is 5.75 Å². The first kappa shape index (κ1) is 26.5. The number of hydrogen-bond donors (Lipinski definition) is 1.